The van der Waals surface area contributed by atoms with Gasteiger partial charge < -0.3 is 15.7 Å². The van der Waals surface area contributed by atoms with Crippen molar-refractivity contribution in [3.05, 3.63) is 0 Å². The smallest absolute Gasteiger partial charge is 0.314 e. The predicted molar refractivity (Wildman–Crippen MR) is 77.5 cm³/mol. The van der Waals surface area contributed by atoms with E-state index in [1.165, 1.54) is 0 Å². The molecule has 1 aliphatic carbocycles. The molecule has 1 aliphatic rings. The van der Waals surface area contributed by atoms with Gasteiger partial charge in [-0.25, -0.2) is 4.79 Å². The zero-order valence-corrected chi connectivity index (χ0v) is 12.3. The summed E-state index contributed by atoms with van der Waals surface area (Å²) in [5.41, 5.74) is 0. The van der Waals surface area contributed by atoms with E-state index in [4.69, 9.17) is 5.11 Å². The molecular weight excluding hydrogens is 264 g/mol. The molecule has 0 saturated heterocycles. The van der Waals surface area contributed by atoms with Gasteiger partial charge in [0, 0.05) is 13.1 Å². The van der Waals surface area contributed by atoms with Gasteiger partial charge in [-0.05, 0) is 43.6 Å². The van der Waals surface area contributed by atoms with Gasteiger partial charge in [-0.3, -0.25) is 4.79 Å². The normalized spacial score (nSPS) is 22.2. The number of carbonyl (C=O) groups excluding carboxylic acids is 1. The number of rotatable bonds is 8. The molecule has 0 heterocycles. The SMILES string of the molecule is CSCCCCNC(=O)NCC1CCCC1C(=O)O. The van der Waals surface area contributed by atoms with Crippen LogP contribution in [0, 0.1) is 11.8 Å². The van der Waals surface area contributed by atoms with E-state index in [-0.39, 0.29) is 17.9 Å². The lowest BCUT2D eigenvalue weighted by Crippen LogP contribution is -2.40. The molecule has 1 rings (SSSR count). The summed E-state index contributed by atoms with van der Waals surface area (Å²) >= 11 is 1.81. The van der Waals surface area contributed by atoms with Crippen molar-refractivity contribution in [3.63, 3.8) is 0 Å². The molecule has 5 nitrogen and oxygen atoms in total. The van der Waals surface area contributed by atoms with Gasteiger partial charge in [0.1, 0.15) is 0 Å². The molecule has 19 heavy (non-hydrogen) atoms. The first-order valence-corrected chi connectivity index (χ1v) is 8.28. The van der Waals surface area contributed by atoms with Crippen molar-refractivity contribution in [2.24, 2.45) is 11.8 Å². The van der Waals surface area contributed by atoms with E-state index >= 15 is 0 Å². The highest BCUT2D eigenvalue weighted by atomic mass is 32.2. The highest BCUT2D eigenvalue weighted by Crippen LogP contribution is 2.31. The summed E-state index contributed by atoms with van der Waals surface area (Å²) in [6.07, 6.45) is 6.73. The number of aliphatic carboxylic acids is 1. The number of nitrogens with one attached hydrogen (secondary N) is 2. The molecule has 2 atom stereocenters. The molecule has 2 amide bonds. The zero-order valence-electron chi connectivity index (χ0n) is 11.5. The van der Waals surface area contributed by atoms with E-state index < -0.39 is 5.97 Å². The van der Waals surface area contributed by atoms with E-state index in [1.54, 1.807) is 11.8 Å². The lowest BCUT2D eigenvalue weighted by atomic mass is 9.96. The van der Waals surface area contributed by atoms with Crippen LogP contribution < -0.4 is 10.6 Å². The van der Waals surface area contributed by atoms with E-state index in [9.17, 15) is 9.59 Å². The van der Waals surface area contributed by atoms with Gasteiger partial charge in [0.2, 0.25) is 0 Å². The van der Waals surface area contributed by atoms with Crippen molar-refractivity contribution in [2.75, 3.05) is 25.1 Å². The Labute approximate surface area is 118 Å². The molecule has 0 bridgehead atoms. The maximum Gasteiger partial charge on any atom is 0.314 e. The van der Waals surface area contributed by atoms with Crippen LogP contribution in [-0.4, -0.2) is 42.2 Å². The van der Waals surface area contributed by atoms with Crippen molar-refractivity contribution >= 4 is 23.8 Å². The van der Waals surface area contributed by atoms with Gasteiger partial charge in [-0.2, -0.15) is 11.8 Å². The maximum absolute atomic E-state index is 11.5. The van der Waals surface area contributed by atoms with Crippen LogP contribution in [0.15, 0.2) is 0 Å². The number of hydrogen-bond acceptors (Lipinski definition) is 3. The summed E-state index contributed by atoms with van der Waals surface area (Å²) in [6, 6.07) is -0.180. The average molecular weight is 288 g/mol. The number of unbranched alkanes of at least 4 members (excludes halogenated alkanes) is 1. The highest BCUT2D eigenvalue weighted by molar-refractivity contribution is 7.98. The fourth-order valence-electron chi connectivity index (χ4n) is 2.47. The summed E-state index contributed by atoms with van der Waals surface area (Å²) in [5, 5.41) is 14.6. The lowest BCUT2D eigenvalue weighted by Gasteiger charge is -2.16. The van der Waals surface area contributed by atoms with Gasteiger partial charge in [0.15, 0.2) is 0 Å². The van der Waals surface area contributed by atoms with Gasteiger partial charge in [-0.1, -0.05) is 6.42 Å². The third-order valence-corrected chi connectivity index (χ3v) is 4.26. The van der Waals surface area contributed by atoms with Gasteiger partial charge >= 0.3 is 12.0 Å². The number of carboxylic acid groups (broad SMARTS) is 1. The Morgan fingerprint density at radius 3 is 2.74 bits per heavy atom. The molecule has 2 unspecified atom stereocenters. The van der Waals surface area contributed by atoms with Crippen molar-refractivity contribution in [3.8, 4) is 0 Å². The Morgan fingerprint density at radius 2 is 2.05 bits per heavy atom. The predicted octanol–water partition coefficient (Wildman–Crippen LogP) is 1.93. The van der Waals surface area contributed by atoms with Crippen molar-refractivity contribution in [1.82, 2.24) is 10.6 Å². The molecule has 1 saturated carbocycles. The minimum absolute atomic E-state index is 0.0831. The Kier molecular flexibility index (Phi) is 7.70. The molecule has 0 aromatic heterocycles. The molecule has 0 spiro atoms. The Hall–Kier alpha value is -0.910. The fourth-order valence-corrected chi connectivity index (χ4v) is 2.96. The average Bonchev–Trinajstić information content (AvgIpc) is 2.84. The number of amides is 2. The van der Waals surface area contributed by atoms with E-state index in [1.807, 2.05) is 0 Å². The number of urea groups is 1. The van der Waals surface area contributed by atoms with Gasteiger partial charge in [0.05, 0.1) is 5.92 Å². The van der Waals surface area contributed by atoms with Crippen LogP contribution >= 0.6 is 11.8 Å². The molecule has 0 radical (unpaired) electrons. The quantitative estimate of drug-likeness (QED) is 0.596. The summed E-state index contributed by atoms with van der Waals surface area (Å²) in [4.78, 5) is 22.5. The summed E-state index contributed by atoms with van der Waals surface area (Å²) in [7, 11) is 0. The molecule has 0 aliphatic heterocycles. The second kappa shape index (κ2) is 9.07. The third-order valence-electron chi connectivity index (χ3n) is 3.56. The van der Waals surface area contributed by atoms with E-state index in [0.29, 0.717) is 13.1 Å². The molecule has 6 heteroatoms. The van der Waals surface area contributed by atoms with Crippen molar-refractivity contribution in [1.29, 1.82) is 0 Å². The van der Waals surface area contributed by atoms with Gasteiger partial charge in [-0.15, -0.1) is 0 Å². The van der Waals surface area contributed by atoms with Crippen LogP contribution in [0.3, 0.4) is 0 Å². The number of carbonyl (C=O) groups is 2. The molecular formula is C13H24N2O3S. The second-order valence-electron chi connectivity index (χ2n) is 4.97. The van der Waals surface area contributed by atoms with Crippen molar-refractivity contribution < 1.29 is 14.7 Å². The first-order chi connectivity index (χ1) is 9.15. The number of carboxylic acids is 1. The highest BCUT2D eigenvalue weighted by Gasteiger charge is 2.32. The van der Waals surface area contributed by atoms with Gasteiger partial charge in [0.25, 0.3) is 0 Å². The lowest BCUT2D eigenvalue weighted by molar-refractivity contribution is -0.142. The summed E-state index contributed by atoms with van der Waals surface area (Å²) < 4.78 is 0. The van der Waals surface area contributed by atoms with Crippen LogP contribution in [0.25, 0.3) is 0 Å². The van der Waals surface area contributed by atoms with Crippen molar-refractivity contribution in [2.45, 2.75) is 32.1 Å². The maximum atomic E-state index is 11.5. The molecule has 0 aromatic carbocycles. The molecule has 0 aromatic rings. The minimum Gasteiger partial charge on any atom is -0.481 e. The monoisotopic (exact) mass is 288 g/mol. The molecule has 1 fully saturated rings. The van der Waals surface area contributed by atoms with E-state index in [2.05, 4.69) is 16.9 Å². The molecule has 3 N–H and O–H groups in total. The zero-order chi connectivity index (χ0) is 14.1. The first-order valence-electron chi connectivity index (χ1n) is 6.88. The minimum atomic E-state index is -0.734. The van der Waals surface area contributed by atoms with Crippen LogP contribution in [0.5, 0.6) is 0 Å². The van der Waals surface area contributed by atoms with Crippen LogP contribution in [0.2, 0.25) is 0 Å². The third kappa shape index (κ3) is 6.18. The Morgan fingerprint density at radius 1 is 1.26 bits per heavy atom. The van der Waals surface area contributed by atoms with Crippen LogP contribution in [0.1, 0.15) is 32.1 Å². The standard InChI is InChI=1S/C13H24N2O3S/c1-19-8-3-2-7-14-13(18)15-9-10-5-4-6-11(10)12(16)17/h10-11H,2-9H2,1H3,(H,16,17)(H2,14,15,18). The Bertz CT molecular complexity index is 300. The van der Waals surface area contributed by atoms with E-state index in [0.717, 1.165) is 37.9 Å². The summed E-state index contributed by atoms with van der Waals surface area (Å²) in [6.45, 7) is 1.15. The fraction of sp³-hybridized carbons (Fsp3) is 0.846. The van der Waals surface area contributed by atoms with Crippen LogP contribution in [0.4, 0.5) is 4.79 Å². The second-order valence-corrected chi connectivity index (χ2v) is 5.96. The topological polar surface area (TPSA) is 78.4 Å². The number of hydrogen-bond donors (Lipinski definition) is 3. The molecule has 110 valence electrons. The number of thioether (sulfide) groups is 1. The summed E-state index contributed by atoms with van der Waals surface area (Å²) in [5.74, 6) is 0.175. The van der Waals surface area contributed by atoms with Crippen LogP contribution in [-0.2, 0) is 4.79 Å². The first kappa shape index (κ1) is 16.1. The Balaban J connectivity index is 2.11. The largest absolute Gasteiger partial charge is 0.481 e.